The predicted octanol–water partition coefficient (Wildman–Crippen LogP) is 4.27. The highest BCUT2D eigenvalue weighted by Gasteiger charge is 2.76. The zero-order chi connectivity index (χ0) is 28.1. The van der Waals surface area contributed by atoms with E-state index in [0.29, 0.717) is 47.8 Å². The monoisotopic (exact) mass is 584 g/mol. The van der Waals surface area contributed by atoms with Gasteiger partial charge in [-0.15, -0.1) is 0 Å². The van der Waals surface area contributed by atoms with Crippen molar-refractivity contribution in [1.82, 2.24) is 9.80 Å². The number of ether oxygens (including phenoxy) is 2. The van der Waals surface area contributed by atoms with Crippen molar-refractivity contribution in [2.75, 3.05) is 49.2 Å². The third kappa shape index (κ3) is 2.28. The van der Waals surface area contributed by atoms with Crippen LogP contribution in [0.2, 0.25) is 0 Å². The molecule has 6 heteroatoms. The van der Waals surface area contributed by atoms with Crippen LogP contribution in [0.3, 0.4) is 0 Å². The molecular weight excluding hydrogens is 544 g/mol. The summed E-state index contributed by atoms with van der Waals surface area (Å²) >= 11 is 0. The van der Waals surface area contributed by atoms with Gasteiger partial charge in [0.1, 0.15) is 12.5 Å². The van der Waals surface area contributed by atoms with Gasteiger partial charge in [0, 0.05) is 59.2 Å². The second-order valence-electron chi connectivity index (χ2n) is 16.1. The molecule has 4 bridgehead atoms. The lowest BCUT2D eigenvalue weighted by Gasteiger charge is -2.65. The van der Waals surface area contributed by atoms with Gasteiger partial charge in [-0.05, 0) is 73.9 Å². The van der Waals surface area contributed by atoms with Gasteiger partial charge < -0.3 is 19.3 Å². The van der Waals surface area contributed by atoms with E-state index in [-0.39, 0.29) is 23.3 Å². The van der Waals surface area contributed by atoms with E-state index in [4.69, 9.17) is 9.47 Å². The highest BCUT2D eigenvalue weighted by Crippen LogP contribution is 2.71. The summed E-state index contributed by atoms with van der Waals surface area (Å²) in [5.74, 6) is 1.96. The van der Waals surface area contributed by atoms with Crippen molar-refractivity contribution >= 4 is 11.4 Å². The fourth-order valence-corrected chi connectivity index (χ4v) is 14.5. The van der Waals surface area contributed by atoms with Gasteiger partial charge in [-0.25, -0.2) is 0 Å². The Kier molecular flexibility index (Phi) is 4.03. The topological polar surface area (TPSA) is 31.4 Å². The number of benzene rings is 2. The van der Waals surface area contributed by atoms with E-state index < -0.39 is 0 Å². The fourth-order valence-electron chi connectivity index (χ4n) is 14.5. The zero-order valence-electron chi connectivity index (χ0n) is 25.2. The molecule has 2 saturated carbocycles. The molecule has 44 heavy (non-hydrogen) atoms. The molecule has 2 aromatic rings. The number of piperidine rings is 2. The van der Waals surface area contributed by atoms with Crippen molar-refractivity contribution in [1.29, 1.82) is 0 Å². The van der Waals surface area contributed by atoms with Crippen molar-refractivity contribution in [2.45, 2.75) is 73.1 Å². The van der Waals surface area contributed by atoms with Gasteiger partial charge in [-0.3, -0.25) is 9.80 Å². The molecule has 224 valence electrons. The average molecular weight is 585 g/mol. The number of hydrogen-bond donors (Lipinski definition) is 0. The normalized spacial score (nSPS) is 49.4. The molecule has 2 spiro atoms. The van der Waals surface area contributed by atoms with Crippen LogP contribution in [0.25, 0.3) is 0 Å². The minimum atomic E-state index is 0.0792. The van der Waals surface area contributed by atoms with Crippen LogP contribution in [0.4, 0.5) is 11.4 Å². The van der Waals surface area contributed by atoms with Crippen LogP contribution < -0.4 is 9.80 Å². The highest BCUT2D eigenvalue weighted by atomic mass is 16.5. The number of nitrogens with zero attached hydrogens (tertiary/aromatic N) is 4. The van der Waals surface area contributed by atoms with Gasteiger partial charge in [0.25, 0.3) is 0 Å². The van der Waals surface area contributed by atoms with Crippen LogP contribution in [0.5, 0.6) is 0 Å². The molecule has 9 aliphatic heterocycles. The minimum absolute atomic E-state index is 0.0792. The lowest BCUT2D eigenvalue weighted by molar-refractivity contribution is -0.105. The Bertz CT molecular complexity index is 1610. The van der Waals surface area contributed by atoms with E-state index in [9.17, 15) is 0 Å². The van der Waals surface area contributed by atoms with Crippen molar-refractivity contribution in [3.63, 3.8) is 0 Å². The van der Waals surface area contributed by atoms with Gasteiger partial charge in [0.2, 0.25) is 0 Å². The molecule has 0 radical (unpaired) electrons. The number of hydrogen-bond acceptors (Lipinski definition) is 6. The van der Waals surface area contributed by atoms with Crippen LogP contribution >= 0.6 is 0 Å². The Morgan fingerprint density at radius 1 is 0.614 bits per heavy atom. The number of fused-ring (bicyclic) bond motifs is 6. The van der Waals surface area contributed by atoms with E-state index in [1.807, 2.05) is 0 Å². The van der Waals surface area contributed by atoms with E-state index in [1.165, 1.54) is 50.1 Å². The maximum absolute atomic E-state index is 7.36. The summed E-state index contributed by atoms with van der Waals surface area (Å²) in [6.07, 6.45) is 10.3. The Labute approximate surface area is 259 Å². The molecular formula is C38H40N4O2. The second-order valence-corrected chi connectivity index (χ2v) is 16.1. The summed E-state index contributed by atoms with van der Waals surface area (Å²) in [6.45, 7) is 6.18. The Balaban J connectivity index is 1.15. The maximum atomic E-state index is 7.36. The molecule has 7 fully saturated rings. The molecule has 6 nitrogen and oxygen atoms in total. The summed E-state index contributed by atoms with van der Waals surface area (Å²) in [6, 6.07) is 21.3. The van der Waals surface area contributed by atoms with E-state index >= 15 is 0 Å². The first-order valence-electron chi connectivity index (χ1n) is 17.6. The fraction of sp³-hybridized carbons (Fsp3) is 0.579. The SMILES string of the molecule is C1=C2CN3CC[C@]45c6ccccc6N6[C@@H]7OCC=C8CN9CC[C@]%10%11c%12ccccc%12N([C@H](OC1)C([C@H]64)[C@H]2C[C@@H]35)[C@H]%10C7[C@H]8C[C@H]9%11. The molecule has 0 aromatic heterocycles. The maximum Gasteiger partial charge on any atom is 0.136 e. The Morgan fingerprint density at radius 2 is 1.09 bits per heavy atom. The standard InChI is InChI=1S/C38H40N4O2/c1-3-7-27-25(5-1)37-11-13-39-19-21-10-16-44-36-31(23(21)17-29(37)39)33(37)41(27)35-32-24-18-30-38(12-14-40(30)20-22(24)9-15-43-35)26-6-2-4-8-28(26)42(36)34(32)38/h1-10,23-24,29-36H,11-20H2/t23-,24-,29-,30+,31?,32?,33-,34-,35+,36+,37+,38+/m0/s1. The lowest BCUT2D eigenvalue weighted by atomic mass is 9.52. The molecule has 2 aliphatic carbocycles. The molecule has 2 unspecified atom stereocenters. The van der Waals surface area contributed by atoms with Gasteiger partial charge in [-0.2, -0.15) is 0 Å². The first kappa shape index (κ1) is 23.7. The second kappa shape index (κ2) is 7.49. The Morgan fingerprint density at radius 3 is 1.59 bits per heavy atom. The number of rotatable bonds is 0. The number of anilines is 2. The summed E-state index contributed by atoms with van der Waals surface area (Å²) in [4.78, 5) is 11.6. The average Bonchev–Trinajstić information content (AvgIpc) is 3.71. The summed E-state index contributed by atoms with van der Waals surface area (Å²) in [5.41, 5.74) is 9.81. The first-order valence-corrected chi connectivity index (χ1v) is 17.6. The number of para-hydroxylation sites is 2. The minimum Gasteiger partial charge on any atom is -0.354 e. The van der Waals surface area contributed by atoms with Gasteiger partial charge in [-0.1, -0.05) is 59.7 Å². The highest BCUT2D eigenvalue weighted by molar-refractivity contribution is 5.72. The van der Waals surface area contributed by atoms with E-state index in [0.717, 1.165) is 26.3 Å². The third-order valence-corrected chi connectivity index (χ3v) is 15.5. The lowest BCUT2D eigenvalue weighted by Crippen LogP contribution is -2.76. The predicted molar refractivity (Wildman–Crippen MR) is 168 cm³/mol. The quantitative estimate of drug-likeness (QED) is 0.431. The van der Waals surface area contributed by atoms with Gasteiger partial charge in [0.15, 0.2) is 0 Å². The molecule has 13 rings (SSSR count). The molecule has 12 atom stereocenters. The smallest absolute Gasteiger partial charge is 0.136 e. The summed E-state index contributed by atoms with van der Waals surface area (Å²) < 4.78 is 14.7. The van der Waals surface area contributed by atoms with Gasteiger partial charge in [0.05, 0.1) is 25.3 Å². The molecule has 0 N–H and O–H groups in total. The van der Waals surface area contributed by atoms with Crippen LogP contribution in [0, 0.1) is 23.7 Å². The van der Waals surface area contributed by atoms with Crippen LogP contribution in [0.1, 0.15) is 36.8 Å². The van der Waals surface area contributed by atoms with Crippen molar-refractivity contribution in [3.8, 4) is 0 Å². The molecule has 11 aliphatic rings. The van der Waals surface area contributed by atoms with Crippen molar-refractivity contribution in [3.05, 3.63) is 83.0 Å². The van der Waals surface area contributed by atoms with Crippen LogP contribution in [-0.4, -0.2) is 85.8 Å². The molecule has 0 amide bonds. The molecule has 5 saturated heterocycles. The van der Waals surface area contributed by atoms with Gasteiger partial charge >= 0.3 is 0 Å². The molecule has 2 aromatic carbocycles. The summed E-state index contributed by atoms with van der Waals surface area (Å²) in [7, 11) is 0. The van der Waals surface area contributed by atoms with Crippen LogP contribution in [-0.2, 0) is 20.3 Å². The zero-order valence-corrected chi connectivity index (χ0v) is 25.2. The Hall–Kier alpha value is -2.64. The first-order chi connectivity index (χ1) is 21.8. The largest absolute Gasteiger partial charge is 0.354 e. The third-order valence-electron chi connectivity index (χ3n) is 15.5. The van der Waals surface area contributed by atoms with E-state index in [1.54, 1.807) is 22.3 Å². The van der Waals surface area contributed by atoms with E-state index in [2.05, 4.69) is 80.3 Å². The molecule has 9 heterocycles. The van der Waals surface area contributed by atoms with Crippen molar-refractivity contribution in [2.24, 2.45) is 23.7 Å². The van der Waals surface area contributed by atoms with Crippen LogP contribution in [0.15, 0.2) is 71.8 Å². The van der Waals surface area contributed by atoms with Crippen molar-refractivity contribution < 1.29 is 9.47 Å². The summed E-state index contributed by atoms with van der Waals surface area (Å²) in [5, 5.41) is 0.